The fraction of sp³-hybridized carbons (Fsp3) is 0.421. The molecule has 0 bridgehead atoms. The lowest BCUT2D eigenvalue weighted by Crippen LogP contribution is -2.24. The monoisotopic (exact) mass is 312 g/mol. The highest BCUT2D eigenvalue weighted by Crippen LogP contribution is 2.31. The Balaban J connectivity index is 2.36. The molecule has 0 spiro atoms. The van der Waals surface area contributed by atoms with Gasteiger partial charge in [-0.05, 0) is 24.1 Å². The molecule has 23 heavy (non-hydrogen) atoms. The van der Waals surface area contributed by atoms with Gasteiger partial charge in [-0.1, -0.05) is 38.5 Å². The van der Waals surface area contributed by atoms with Crippen molar-refractivity contribution >= 4 is 17.2 Å². The zero-order valence-corrected chi connectivity index (χ0v) is 14.9. The minimum Gasteiger partial charge on any atom is -0.388 e. The zero-order chi connectivity index (χ0) is 16.8. The summed E-state index contributed by atoms with van der Waals surface area (Å²) < 4.78 is 0. The number of nitrogens with zero attached hydrogens (tertiary/aromatic N) is 2. The van der Waals surface area contributed by atoms with Crippen LogP contribution in [0.1, 0.15) is 20.3 Å². The number of hydrogen-bond acceptors (Lipinski definition) is 4. The second kappa shape index (κ2) is 7.86. The predicted octanol–water partition coefficient (Wildman–Crippen LogP) is 4.31. The van der Waals surface area contributed by atoms with E-state index in [9.17, 15) is 0 Å². The van der Waals surface area contributed by atoms with Gasteiger partial charge in [-0.2, -0.15) is 0 Å². The SMILES string of the molecule is CCC(C)CN(C)c1ccc(-c2ccccc2NC)nc1NC. The van der Waals surface area contributed by atoms with Gasteiger partial charge in [0.2, 0.25) is 0 Å². The Hall–Kier alpha value is -2.23. The van der Waals surface area contributed by atoms with Crippen molar-refractivity contribution in [2.24, 2.45) is 5.92 Å². The van der Waals surface area contributed by atoms with Gasteiger partial charge in [0, 0.05) is 38.9 Å². The summed E-state index contributed by atoms with van der Waals surface area (Å²) in [5.74, 6) is 1.58. The van der Waals surface area contributed by atoms with E-state index in [1.54, 1.807) is 0 Å². The number of hydrogen-bond donors (Lipinski definition) is 2. The molecule has 1 unspecified atom stereocenters. The molecule has 124 valence electrons. The second-order valence-corrected chi connectivity index (χ2v) is 6.00. The summed E-state index contributed by atoms with van der Waals surface area (Å²) in [6.07, 6.45) is 1.18. The first kappa shape index (κ1) is 17.1. The maximum Gasteiger partial charge on any atom is 0.150 e. The highest BCUT2D eigenvalue weighted by molar-refractivity contribution is 5.78. The van der Waals surface area contributed by atoms with Crippen LogP contribution in [0.25, 0.3) is 11.3 Å². The Kier molecular flexibility index (Phi) is 5.85. The summed E-state index contributed by atoms with van der Waals surface area (Å²) in [6.45, 7) is 5.54. The molecule has 0 fully saturated rings. The summed E-state index contributed by atoms with van der Waals surface area (Å²) in [5, 5.41) is 6.47. The highest BCUT2D eigenvalue weighted by atomic mass is 15.1. The van der Waals surface area contributed by atoms with Crippen LogP contribution in [0.5, 0.6) is 0 Å². The van der Waals surface area contributed by atoms with Crippen molar-refractivity contribution in [1.29, 1.82) is 0 Å². The molecule has 1 aromatic heterocycles. The van der Waals surface area contributed by atoms with Crippen LogP contribution in [0.3, 0.4) is 0 Å². The van der Waals surface area contributed by atoms with Crippen LogP contribution in [-0.2, 0) is 0 Å². The van der Waals surface area contributed by atoms with Crippen LogP contribution < -0.4 is 15.5 Å². The van der Waals surface area contributed by atoms with Gasteiger partial charge in [0.05, 0.1) is 11.4 Å². The van der Waals surface area contributed by atoms with Crippen LogP contribution in [0.4, 0.5) is 17.2 Å². The van der Waals surface area contributed by atoms with Crippen LogP contribution in [-0.4, -0.2) is 32.7 Å². The lowest BCUT2D eigenvalue weighted by molar-refractivity contribution is 0.560. The third-order valence-corrected chi connectivity index (χ3v) is 4.28. The molecule has 2 rings (SSSR count). The summed E-state index contributed by atoms with van der Waals surface area (Å²) in [4.78, 5) is 7.11. The van der Waals surface area contributed by atoms with E-state index in [1.165, 1.54) is 6.42 Å². The number of benzene rings is 1. The Bertz CT molecular complexity index is 639. The summed E-state index contributed by atoms with van der Waals surface area (Å²) in [5.41, 5.74) is 4.31. The van der Waals surface area contributed by atoms with E-state index >= 15 is 0 Å². The van der Waals surface area contributed by atoms with Crippen LogP contribution in [0, 0.1) is 5.92 Å². The fourth-order valence-corrected chi connectivity index (χ4v) is 2.71. The molecule has 0 aliphatic carbocycles. The molecule has 0 amide bonds. The van der Waals surface area contributed by atoms with E-state index in [-0.39, 0.29) is 0 Å². The molecule has 2 aromatic rings. The van der Waals surface area contributed by atoms with Gasteiger partial charge in [0.25, 0.3) is 0 Å². The van der Waals surface area contributed by atoms with Gasteiger partial charge in [0.1, 0.15) is 5.82 Å². The molecule has 0 aliphatic rings. The van der Waals surface area contributed by atoms with Crippen molar-refractivity contribution in [2.75, 3.05) is 43.2 Å². The molecule has 0 radical (unpaired) electrons. The molecule has 1 aromatic carbocycles. The predicted molar refractivity (Wildman–Crippen MR) is 101 cm³/mol. The van der Waals surface area contributed by atoms with E-state index in [2.05, 4.69) is 60.7 Å². The van der Waals surface area contributed by atoms with Crippen molar-refractivity contribution < 1.29 is 0 Å². The number of nitrogens with one attached hydrogen (secondary N) is 2. The quantitative estimate of drug-likeness (QED) is 0.799. The molecular weight excluding hydrogens is 284 g/mol. The van der Waals surface area contributed by atoms with Gasteiger partial charge in [-0.25, -0.2) is 4.98 Å². The first-order chi connectivity index (χ1) is 11.1. The summed E-state index contributed by atoms with van der Waals surface area (Å²) >= 11 is 0. The number of anilines is 3. The second-order valence-electron chi connectivity index (χ2n) is 6.00. The summed E-state index contributed by atoms with van der Waals surface area (Å²) in [6, 6.07) is 12.5. The van der Waals surface area contributed by atoms with Gasteiger partial charge in [-0.15, -0.1) is 0 Å². The Labute approximate surface area is 139 Å². The van der Waals surface area contributed by atoms with E-state index in [0.29, 0.717) is 5.92 Å². The van der Waals surface area contributed by atoms with Gasteiger partial charge in [-0.3, -0.25) is 0 Å². The zero-order valence-electron chi connectivity index (χ0n) is 14.9. The Morgan fingerprint density at radius 3 is 2.48 bits per heavy atom. The largest absolute Gasteiger partial charge is 0.388 e. The van der Waals surface area contributed by atoms with E-state index in [0.717, 1.165) is 35.0 Å². The molecule has 0 saturated heterocycles. The van der Waals surface area contributed by atoms with Crippen molar-refractivity contribution in [3.63, 3.8) is 0 Å². The first-order valence-electron chi connectivity index (χ1n) is 8.27. The topological polar surface area (TPSA) is 40.2 Å². The van der Waals surface area contributed by atoms with E-state index < -0.39 is 0 Å². The number of rotatable bonds is 7. The molecule has 1 heterocycles. The molecule has 4 nitrogen and oxygen atoms in total. The Morgan fingerprint density at radius 1 is 1.09 bits per heavy atom. The number of aromatic nitrogens is 1. The lowest BCUT2D eigenvalue weighted by atomic mass is 10.1. The summed E-state index contributed by atoms with van der Waals surface area (Å²) in [7, 11) is 5.99. The third kappa shape index (κ3) is 3.95. The molecule has 0 saturated carbocycles. The lowest BCUT2D eigenvalue weighted by Gasteiger charge is -2.25. The third-order valence-electron chi connectivity index (χ3n) is 4.28. The maximum atomic E-state index is 4.83. The van der Waals surface area contributed by atoms with Crippen LogP contribution >= 0.6 is 0 Å². The molecule has 2 N–H and O–H groups in total. The van der Waals surface area contributed by atoms with Gasteiger partial charge in [0.15, 0.2) is 0 Å². The van der Waals surface area contributed by atoms with Crippen molar-refractivity contribution in [1.82, 2.24) is 4.98 Å². The normalized spacial score (nSPS) is 11.9. The standard InChI is InChI=1S/C19H28N4/c1-6-14(2)13-23(5)18-12-11-17(22-19(18)21-4)15-9-7-8-10-16(15)20-3/h7-12,14,20H,6,13H2,1-5H3,(H,21,22). The molecule has 1 atom stereocenters. The van der Waals surface area contributed by atoms with Gasteiger partial charge >= 0.3 is 0 Å². The Morgan fingerprint density at radius 2 is 1.83 bits per heavy atom. The average molecular weight is 312 g/mol. The first-order valence-corrected chi connectivity index (χ1v) is 8.27. The minimum atomic E-state index is 0.661. The number of pyridine rings is 1. The average Bonchev–Trinajstić information content (AvgIpc) is 2.60. The molecule has 4 heteroatoms. The van der Waals surface area contributed by atoms with E-state index in [1.807, 2.05) is 26.2 Å². The van der Waals surface area contributed by atoms with Gasteiger partial charge < -0.3 is 15.5 Å². The molecular formula is C19H28N4. The van der Waals surface area contributed by atoms with Crippen LogP contribution in [0.15, 0.2) is 36.4 Å². The minimum absolute atomic E-state index is 0.661. The smallest absolute Gasteiger partial charge is 0.150 e. The van der Waals surface area contributed by atoms with Crippen molar-refractivity contribution in [3.05, 3.63) is 36.4 Å². The van der Waals surface area contributed by atoms with Crippen molar-refractivity contribution in [2.45, 2.75) is 20.3 Å². The van der Waals surface area contributed by atoms with Crippen molar-refractivity contribution in [3.8, 4) is 11.3 Å². The van der Waals surface area contributed by atoms with E-state index in [4.69, 9.17) is 4.98 Å². The molecule has 0 aliphatic heterocycles. The van der Waals surface area contributed by atoms with Crippen LogP contribution in [0.2, 0.25) is 0 Å². The fourth-order valence-electron chi connectivity index (χ4n) is 2.71. The maximum absolute atomic E-state index is 4.83. The number of para-hydroxylation sites is 1. The highest BCUT2D eigenvalue weighted by Gasteiger charge is 2.13.